The van der Waals surface area contributed by atoms with Gasteiger partial charge in [-0.1, -0.05) is 25.9 Å². The molecule has 1 atom stereocenters. The van der Waals surface area contributed by atoms with Crippen LogP contribution in [0.15, 0.2) is 40.9 Å². The summed E-state index contributed by atoms with van der Waals surface area (Å²) in [4.78, 5) is 19.2. The van der Waals surface area contributed by atoms with E-state index in [0.717, 1.165) is 46.1 Å². The molecule has 7 nitrogen and oxygen atoms in total. The molecule has 2 aromatic carbocycles. The van der Waals surface area contributed by atoms with Crippen molar-refractivity contribution in [3.05, 3.63) is 58.8 Å². The van der Waals surface area contributed by atoms with E-state index in [2.05, 4.69) is 42.0 Å². The average Bonchev–Trinajstić information content (AvgIpc) is 3.48. The van der Waals surface area contributed by atoms with Gasteiger partial charge in [-0.15, -0.1) is 0 Å². The Labute approximate surface area is 191 Å². The minimum Gasteiger partial charge on any atom is -0.481 e. The van der Waals surface area contributed by atoms with Crippen molar-refractivity contribution in [2.45, 2.75) is 51.4 Å². The Morgan fingerprint density at radius 2 is 2.06 bits per heavy atom. The third kappa shape index (κ3) is 3.78. The minimum absolute atomic E-state index is 0.0227. The van der Waals surface area contributed by atoms with Crippen LogP contribution in [0.2, 0.25) is 0 Å². The van der Waals surface area contributed by atoms with Crippen molar-refractivity contribution in [1.29, 1.82) is 5.26 Å². The first-order valence-corrected chi connectivity index (χ1v) is 11.0. The first-order chi connectivity index (χ1) is 15.7. The summed E-state index contributed by atoms with van der Waals surface area (Å²) in [5.41, 5.74) is 6.20. The van der Waals surface area contributed by atoms with Crippen LogP contribution in [0.25, 0.3) is 33.7 Å². The van der Waals surface area contributed by atoms with Crippen LogP contribution in [0.1, 0.15) is 61.9 Å². The molecule has 1 unspecified atom stereocenters. The van der Waals surface area contributed by atoms with Gasteiger partial charge in [0.25, 0.3) is 5.89 Å². The van der Waals surface area contributed by atoms with Gasteiger partial charge in [-0.25, -0.2) is 0 Å². The quantitative estimate of drug-likeness (QED) is 0.429. The highest BCUT2D eigenvalue weighted by atomic mass is 16.5. The maximum Gasteiger partial charge on any atom is 0.304 e. The lowest BCUT2D eigenvalue weighted by atomic mass is 9.85. The molecule has 0 spiro atoms. The number of H-pyrrole nitrogens is 1. The van der Waals surface area contributed by atoms with E-state index in [1.165, 1.54) is 5.56 Å². The second-order valence-corrected chi connectivity index (χ2v) is 9.70. The standard InChI is InChI=1S/C26H24N4O3/c1-26(2,3)18-9-14(13-27)8-17(10-18)25-29-24(30-33-25)16-5-7-21-20(11-16)19-6-4-15(12-22(31)32)23(19)28-21/h5,7-11,15,28H,4,6,12H2,1-3H3,(H,31,32). The summed E-state index contributed by atoms with van der Waals surface area (Å²) in [6, 6.07) is 13.8. The number of aliphatic carboxylic acids is 1. The number of aromatic amines is 1. The minimum atomic E-state index is -0.776. The van der Waals surface area contributed by atoms with Crippen LogP contribution in [-0.4, -0.2) is 26.2 Å². The molecule has 5 rings (SSSR count). The monoisotopic (exact) mass is 440 g/mol. The maximum absolute atomic E-state index is 11.2. The Hall–Kier alpha value is -3.92. The molecule has 166 valence electrons. The van der Waals surface area contributed by atoms with Crippen molar-refractivity contribution < 1.29 is 14.4 Å². The number of nitrogens with one attached hydrogen (secondary N) is 1. The second-order valence-electron chi connectivity index (χ2n) is 9.70. The van der Waals surface area contributed by atoms with Gasteiger partial charge in [-0.2, -0.15) is 10.2 Å². The summed E-state index contributed by atoms with van der Waals surface area (Å²) in [5.74, 6) is 0.0891. The molecule has 0 saturated heterocycles. The molecule has 0 amide bonds. The molecule has 0 radical (unpaired) electrons. The SMILES string of the molecule is CC(C)(C)c1cc(C#N)cc(-c2nc(-c3ccc4[nH]c5c(c4c3)CCC5CC(=O)O)no2)c1. The van der Waals surface area contributed by atoms with Crippen LogP contribution in [0.5, 0.6) is 0 Å². The van der Waals surface area contributed by atoms with E-state index in [0.29, 0.717) is 17.3 Å². The molecule has 33 heavy (non-hydrogen) atoms. The number of carboxylic acids is 1. The van der Waals surface area contributed by atoms with E-state index < -0.39 is 5.97 Å². The first-order valence-electron chi connectivity index (χ1n) is 11.0. The highest BCUT2D eigenvalue weighted by molar-refractivity contribution is 5.89. The molecule has 0 fully saturated rings. The summed E-state index contributed by atoms with van der Waals surface area (Å²) in [6.45, 7) is 6.29. The number of nitrogens with zero attached hydrogens (tertiary/aromatic N) is 3. The van der Waals surface area contributed by atoms with E-state index in [1.54, 1.807) is 6.07 Å². The summed E-state index contributed by atoms with van der Waals surface area (Å²) < 4.78 is 5.58. The van der Waals surface area contributed by atoms with Crippen molar-refractivity contribution in [3.63, 3.8) is 0 Å². The number of carboxylic acid groups (broad SMARTS) is 1. The number of hydrogen-bond acceptors (Lipinski definition) is 5. The number of hydrogen-bond donors (Lipinski definition) is 2. The topological polar surface area (TPSA) is 116 Å². The number of benzene rings is 2. The first kappa shape index (κ1) is 21.0. The van der Waals surface area contributed by atoms with E-state index in [4.69, 9.17) is 4.52 Å². The second kappa shape index (κ2) is 7.59. The highest BCUT2D eigenvalue weighted by Crippen LogP contribution is 2.40. The van der Waals surface area contributed by atoms with Crippen LogP contribution in [0.4, 0.5) is 0 Å². The van der Waals surface area contributed by atoms with Crippen LogP contribution in [-0.2, 0) is 16.6 Å². The van der Waals surface area contributed by atoms with Gasteiger partial charge in [0.05, 0.1) is 18.1 Å². The van der Waals surface area contributed by atoms with Gasteiger partial charge >= 0.3 is 5.97 Å². The Bertz CT molecular complexity index is 1430. The number of aromatic nitrogens is 3. The van der Waals surface area contributed by atoms with Crippen LogP contribution in [0, 0.1) is 11.3 Å². The lowest BCUT2D eigenvalue weighted by Crippen LogP contribution is -2.11. The summed E-state index contributed by atoms with van der Waals surface area (Å²) in [6.07, 6.45) is 1.83. The predicted molar refractivity (Wildman–Crippen MR) is 124 cm³/mol. The van der Waals surface area contributed by atoms with Crippen LogP contribution < -0.4 is 0 Å². The fraction of sp³-hybridized carbons (Fsp3) is 0.308. The predicted octanol–water partition coefficient (Wildman–Crippen LogP) is 5.56. The molecule has 1 aliphatic rings. The number of rotatable bonds is 4. The number of fused-ring (bicyclic) bond motifs is 3. The fourth-order valence-corrected chi connectivity index (χ4v) is 4.61. The third-order valence-corrected chi connectivity index (χ3v) is 6.37. The Morgan fingerprint density at radius 3 is 2.79 bits per heavy atom. The summed E-state index contributed by atoms with van der Waals surface area (Å²) in [7, 11) is 0. The van der Waals surface area contributed by atoms with E-state index in [1.807, 2.05) is 30.3 Å². The smallest absolute Gasteiger partial charge is 0.304 e. The normalized spacial score (nSPS) is 15.5. The van der Waals surface area contributed by atoms with Crippen molar-refractivity contribution in [2.75, 3.05) is 0 Å². The molecule has 0 bridgehead atoms. The lowest BCUT2D eigenvalue weighted by molar-refractivity contribution is -0.137. The Kier molecular flexibility index (Phi) is 4.82. The Balaban J connectivity index is 1.52. The van der Waals surface area contributed by atoms with Gasteiger partial charge in [-0.05, 0) is 65.8 Å². The van der Waals surface area contributed by atoms with Gasteiger partial charge in [0.1, 0.15) is 0 Å². The molecule has 0 saturated carbocycles. The molecule has 7 heteroatoms. The number of carbonyl (C=O) groups is 1. The molecule has 2 N–H and O–H groups in total. The average molecular weight is 441 g/mol. The fourth-order valence-electron chi connectivity index (χ4n) is 4.61. The number of nitriles is 1. The summed E-state index contributed by atoms with van der Waals surface area (Å²) >= 11 is 0. The van der Waals surface area contributed by atoms with Crippen molar-refractivity contribution in [1.82, 2.24) is 15.1 Å². The van der Waals surface area contributed by atoms with Crippen LogP contribution >= 0.6 is 0 Å². The Morgan fingerprint density at radius 1 is 1.24 bits per heavy atom. The van der Waals surface area contributed by atoms with Crippen molar-refractivity contribution >= 4 is 16.9 Å². The molecule has 2 aromatic heterocycles. The van der Waals surface area contributed by atoms with Gasteiger partial charge in [0, 0.05) is 33.6 Å². The van der Waals surface area contributed by atoms with E-state index >= 15 is 0 Å². The zero-order valence-electron chi connectivity index (χ0n) is 18.8. The lowest BCUT2D eigenvalue weighted by Gasteiger charge is -2.19. The third-order valence-electron chi connectivity index (χ3n) is 6.37. The number of aryl methyl sites for hydroxylation is 1. The van der Waals surface area contributed by atoms with Gasteiger partial charge in [-0.3, -0.25) is 4.79 Å². The van der Waals surface area contributed by atoms with Crippen molar-refractivity contribution in [3.8, 4) is 28.9 Å². The molecule has 2 heterocycles. The highest BCUT2D eigenvalue weighted by Gasteiger charge is 2.28. The molecule has 4 aromatic rings. The van der Waals surface area contributed by atoms with Gasteiger partial charge in [0.2, 0.25) is 5.82 Å². The molecular weight excluding hydrogens is 416 g/mol. The zero-order valence-corrected chi connectivity index (χ0v) is 18.8. The molecular formula is C26H24N4O3. The van der Waals surface area contributed by atoms with E-state index in [9.17, 15) is 15.2 Å². The van der Waals surface area contributed by atoms with Gasteiger partial charge < -0.3 is 14.6 Å². The van der Waals surface area contributed by atoms with Gasteiger partial charge in [0.15, 0.2) is 0 Å². The maximum atomic E-state index is 11.2. The van der Waals surface area contributed by atoms with E-state index in [-0.39, 0.29) is 17.8 Å². The molecule has 0 aliphatic heterocycles. The largest absolute Gasteiger partial charge is 0.481 e. The van der Waals surface area contributed by atoms with Crippen LogP contribution in [0.3, 0.4) is 0 Å². The molecule has 1 aliphatic carbocycles. The zero-order chi connectivity index (χ0) is 23.3. The van der Waals surface area contributed by atoms with Crippen molar-refractivity contribution in [2.24, 2.45) is 0 Å². The summed E-state index contributed by atoms with van der Waals surface area (Å²) in [5, 5.41) is 23.9.